The lowest BCUT2D eigenvalue weighted by Crippen LogP contribution is -2.52. The van der Waals surface area contributed by atoms with E-state index in [2.05, 4.69) is 10.1 Å². The van der Waals surface area contributed by atoms with Crippen LogP contribution in [0.3, 0.4) is 0 Å². The Bertz CT molecular complexity index is 806. The van der Waals surface area contributed by atoms with Gasteiger partial charge < -0.3 is 19.3 Å². The third kappa shape index (κ3) is 3.90. The number of ether oxygens (including phenoxy) is 1. The Hall–Kier alpha value is -2.03. The SMILES string of the molecule is CC(C)(C)OC(O)N1CCN(c2nc(C3(c4ccc(F)cc4)CC3)no2)CC1. The second kappa shape index (κ2) is 7.09. The monoisotopic (exact) mass is 390 g/mol. The van der Waals surface area contributed by atoms with Crippen molar-refractivity contribution in [1.29, 1.82) is 0 Å². The summed E-state index contributed by atoms with van der Waals surface area (Å²) in [6.45, 7) is 8.35. The van der Waals surface area contributed by atoms with Crippen molar-refractivity contribution in [3.8, 4) is 0 Å². The molecule has 1 aliphatic carbocycles. The molecule has 1 N–H and O–H groups in total. The molecule has 1 atom stereocenters. The Kier molecular flexibility index (Phi) is 4.89. The highest BCUT2D eigenvalue weighted by Gasteiger charge is 2.50. The van der Waals surface area contributed by atoms with Crippen LogP contribution in [0.1, 0.15) is 45.0 Å². The summed E-state index contributed by atoms with van der Waals surface area (Å²) >= 11 is 0. The van der Waals surface area contributed by atoms with Gasteiger partial charge in [-0.15, -0.1) is 0 Å². The number of benzene rings is 1. The van der Waals surface area contributed by atoms with Crippen molar-refractivity contribution < 1.29 is 18.8 Å². The van der Waals surface area contributed by atoms with E-state index in [9.17, 15) is 9.50 Å². The van der Waals surface area contributed by atoms with Gasteiger partial charge in [0.2, 0.25) is 6.41 Å². The first-order valence-electron chi connectivity index (χ1n) is 9.72. The smallest absolute Gasteiger partial charge is 0.324 e. The van der Waals surface area contributed by atoms with E-state index in [1.54, 1.807) is 12.1 Å². The molecule has 2 aromatic rings. The van der Waals surface area contributed by atoms with Crippen LogP contribution in [0.15, 0.2) is 28.8 Å². The third-order valence-corrected chi connectivity index (χ3v) is 5.35. The predicted molar refractivity (Wildman–Crippen MR) is 101 cm³/mol. The van der Waals surface area contributed by atoms with E-state index in [4.69, 9.17) is 9.26 Å². The molecule has 7 nitrogen and oxygen atoms in total. The van der Waals surface area contributed by atoms with Gasteiger partial charge in [0.15, 0.2) is 5.82 Å². The van der Waals surface area contributed by atoms with Crippen molar-refractivity contribution >= 4 is 6.01 Å². The quantitative estimate of drug-likeness (QED) is 0.786. The zero-order valence-electron chi connectivity index (χ0n) is 16.6. The minimum absolute atomic E-state index is 0.246. The van der Waals surface area contributed by atoms with Gasteiger partial charge in [0.1, 0.15) is 5.82 Å². The maximum Gasteiger partial charge on any atom is 0.324 e. The van der Waals surface area contributed by atoms with Gasteiger partial charge in [-0.25, -0.2) is 4.39 Å². The summed E-state index contributed by atoms with van der Waals surface area (Å²) in [6, 6.07) is 7.04. The van der Waals surface area contributed by atoms with Gasteiger partial charge in [-0.3, -0.25) is 4.90 Å². The van der Waals surface area contributed by atoms with Crippen LogP contribution in [0.4, 0.5) is 10.4 Å². The summed E-state index contributed by atoms with van der Waals surface area (Å²) in [6.07, 6.45) is 0.942. The fraction of sp³-hybridized carbons (Fsp3) is 0.600. The summed E-state index contributed by atoms with van der Waals surface area (Å²) in [5.41, 5.74) is 0.360. The molecule has 2 heterocycles. The minimum atomic E-state index is -0.923. The molecule has 1 unspecified atom stereocenters. The van der Waals surface area contributed by atoms with Crippen molar-refractivity contribution in [2.75, 3.05) is 31.1 Å². The number of halogens is 1. The van der Waals surface area contributed by atoms with Crippen LogP contribution in [0.25, 0.3) is 0 Å². The van der Waals surface area contributed by atoms with Crippen LogP contribution < -0.4 is 4.90 Å². The molecule has 1 aliphatic heterocycles. The second-order valence-electron chi connectivity index (χ2n) is 8.57. The Balaban J connectivity index is 1.40. The molecule has 1 saturated heterocycles. The highest BCUT2D eigenvalue weighted by Crippen LogP contribution is 2.52. The minimum Gasteiger partial charge on any atom is -0.356 e. The number of aromatic nitrogens is 2. The Morgan fingerprint density at radius 3 is 2.36 bits per heavy atom. The van der Waals surface area contributed by atoms with Crippen LogP contribution >= 0.6 is 0 Å². The molecule has 1 aromatic heterocycles. The van der Waals surface area contributed by atoms with Crippen molar-refractivity contribution in [3.63, 3.8) is 0 Å². The standard InChI is InChI=1S/C20H27FN4O3/c1-19(2,3)27-18(26)25-12-10-24(11-13-25)17-22-16(23-28-17)20(8-9-20)14-4-6-15(21)7-5-14/h4-7,18,26H,8-13H2,1-3H3. The second-order valence-corrected chi connectivity index (χ2v) is 8.57. The van der Waals surface area contributed by atoms with Gasteiger partial charge in [-0.2, -0.15) is 4.98 Å². The van der Waals surface area contributed by atoms with Crippen LogP contribution in [0, 0.1) is 5.82 Å². The third-order valence-electron chi connectivity index (χ3n) is 5.35. The van der Waals surface area contributed by atoms with E-state index in [0.29, 0.717) is 38.0 Å². The summed E-state index contributed by atoms with van der Waals surface area (Å²) in [5.74, 6) is 0.413. The highest BCUT2D eigenvalue weighted by atomic mass is 19.1. The van der Waals surface area contributed by atoms with Crippen LogP contribution in [0.5, 0.6) is 0 Å². The number of hydrogen-bond donors (Lipinski definition) is 1. The fourth-order valence-electron chi connectivity index (χ4n) is 3.60. The maximum atomic E-state index is 13.2. The summed E-state index contributed by atoms with van der Waals surface area (Å²) in [7, 11) is 0. The molecule has 1 saturated carbocycles. The topological polar surface area (TPSA) is 74.9 Å². The fourth-order valence-corrected chi connectivity index (χ4v) is 3.60. The Morgan fingerprint density at radius 1 is 1.14 bits per heavy atom. The molecular weight excluding hydrogens is 363 g/mol. The number of rotatable bonds is 5. The normalized spacial score (nSPS) is 21.0. The van der Waals surface area contributed by atoms with Gasteiger partial charge in [-0.1, -0.05) is 17.3 Å². The molecule has 2 fully saturated rings. The molecule has 0 amide bonds. The van der Waals surface area contributed by atoms with Gasteiger partial charge in [0.25, 0.3) is 0 Å². The summed E-state index contributed by atoms with van der Waals surface area (Å²) in [5, 5.41) is 14.5. The number of anilines is 1. The van der Waals surface area contributed by atoms with Gasteiger partial charge in [0.05, 0.1) is 11.0 Å². The highest BCUT2D eigenvalue weighted by molar-refractivity contribution is 5.40. The molecule has 0 bridgehead atoms. The number of piperazine rings is 1. The first kappa shape index (κ1) is 19.3. The summed E-state index contributed by atoms with van der Waals surface area (Å²) in [4.78, 5) is 8.55. The molecule has 0 spiro atoms. The average Bonchev–Trinajstić information content (AvgIpc) is 3.30. The number of hydrogen-bond acceptors (Lipinski definition) is 7. The van der Waals surface area contributed by atoms with Gasteiger partial charge >= 0.3 is 6.01 Å². The molecule has 1 aromatic carbocycles. The van der Waals surface area contributed by atoms with E-state index in [0.717, 1.165) is 18.4 Å². The van der Waals surface area contributed by atoms with Crippen molar-refractivity contribution in [2.45, 2.75) is 51.0 Å². The van der Waals surface area contributed by atoms with Crippen LogP contribution in [-0.4, -0.2) is 58.3 Å². The molecular formula is C20H27FN4O3. The Morgan fingerprint density at radius 2 is 1.79 bits per heavy atom. The first-order chi connectivity index (χ1) is 13.3. The van der Waals surface area contributed by atoms with Crippen LogP contribution in [0.2, 0.25) is 0 Å². The molecule has 4 rings (SSSR count). The number of aliphatic hydroxyl groups is 1. The van der Waals surface area contributed by atoms with Gasteiger partial charge in [-0.05, 0) is 51.3 Å². The van der Waals surface area contributed by atoms with E-state index >= 15 is 0 Å². The number of nitrogens with zero attached hydrogens (tertiary/aromatic N) is 4. The van der Waals surface area contributed by atoms with Crippen molar-refractivity contribution in [3.05, 3.63) is 41.5 Å². The predicted octanol–water partition coefficient (Wildman–Crippen LogP) is 2.50. The lowest BCUT2D eigenvalue weighted by molar-refractivity contribution is -0.239. The zero-order chi connectivity index (χ0) is 19.9. The van der Waals surface area contributed by atoms with Gasteiger partial charge in [0, 0.05) is 26.2 Å². The van der Waals surface area contributed by atoms with E-state index < -0.39 is 12.0 Å². The van der Waals surface area contributed by atoms with Crippen molar-refractivity contribution in [1.82, 2.24) is 15.0 Å². The molecule has 152 valence electrons. The largest absolute Gasteiger partial charge is 0.356 e. The van der Waals surface area contributed by atoms with Crippen molar-refractivity contribution in [2.24, 2.45) is 0 Å². The molecule has 2 aliphatic rings. The Labute approximate surface area is 164 Å². The lowest BCUT2D eigenvalue weighted by atomic mass is 9.95. The lowest BCUT2D eigenvalue weighted by Gasteiger charge is -2.38. The molecule has 8 heteroatoms. The molecule has 28 heavy (non-hydrogen) atoms. The number of aliphatic hydroxyl groups excluding tert-OH is 1. The molecule has 0 radical (unpaired) electrons. The van der Waals surface area contributed by atoms with E-state index in [-0.39, 0.29) is 11.2 Å². The summed E-state index contributed by atoms with van der Waals surface area (Å²) < 4.78 is 24.4. The van der Waals surface area contributed by atoms with Crippen LogP contribution in [-0.2, 0) is 10.2 Å². The van der Waals surface area contributed by atoms with E-state index in [1.165, 1.54) is 12.1 Å². The maximum absolute atomic E-state index is 13.2. The average molecular weight is 390 g/mol. The zero-order valence-corrected chi connectivity index (χ0v) is 16.6. The van der Waals surface area contributed by atoms with E-state index in [1.807, 2.05) is 30.6 Å². The first-order valence-corrected chi connectivity index (χ1v) is 9.72.